The minimum atomic E-state index is -0.0828. The van der Waals surface area contributed by atoms with E-state index < -0.39 is 0 Å². The fourth-order valence-electron chi connectivity index (χ4n) is 0.813. The average molecular weight is 182 g/mol. The molecule has 0 aromatic rings. The molecule has 0 spiro atoms. The normalized spacial score (nSPS) is 16.6. The number of rotatable bonds is 5. The third-order valence-corrected chi connectivity index (χ3v) is 1.68. The molecule has 1 fully saturated rings. The maximum Gasteiger partial charge on any atom is 0.169 e. The first-order valence-corrected chi connectivity index (χ1v) is 3.65. The van der Waals surface area contributed by atoms with E-state index >= 15 is 0 Å². The van der Waals surface area contributed by atoms with Crippen molar-refractivity contribution in [1.82, 2.24) is 5.32 Å². The third-order valence-electron chi connectivity index (χ3n) is 1.68. The second-order valence-electron chi connectivity index (χ2n) is 2.58. The molecule has 0 atom stereocenters. The van der Waals surface area contributed by atoms with Gasteiger partial charge in [0.25, 0.3) is 0 Å². The SMILES string of the molecule is COC(CNC1CC1)OC.Cl. The summed E-state index contributed by atoms with van der Waals surface area (Å²) in [7, 11) is 3.31. The standard InChI is InChI=1S/C7H15NO2.ClH/c1-9-7(10-2)5-8-6-3-4-6;/h6-8H,3-5H2,1-2H3;1H. The molecule has 0 heterocycles. The Bertz CT molecular complexity index is 94.4. The molecular formula is C7H16ClNO2. The summed E-state index contributed by atoms with van der Waals surface area (Å²) in [5.74, 6) is 0. The van der Waals surface area contributed by atoms with Gasteiger partial charge in [0, 0.05) is 26.8 Å². The van der Waals surface area contributed by atoms with Crippen LogP contribution in [0, 0.1) is 0 Å². The molecule has 1 aliphatic rings. The summed E-state index contributed by atoms with van der Waals surface area (Å²) in [6.07, 6.45) is 2.53. The zero-order valence-electron chi connectivity index (χ0n) is 7.00. The van der Waals surface area contributed by atoms with Gasteiger partial charge < -0.3 is 14.8 Å². The number of hydrogen-bond acceptors (Lipinski definition) is 3. The van der Waals surface area contributed by atoms with Gasteiger partial charge >= 0.3 is 0 Å². The van der Waals surface area contributed by atoms with E-state index in [2.05, 4.69) is 5.32 Å². The number of hydrogen-bond donors (Lipinski definition) is 1. The molecule has 1 N–H and O–H groups in total. The topological polar surface area (TPSA) is 30.5 Å². The van der Waals surface area contributed by atoms with E-state index in [0.29, 0.717) is 0 Å². The third kappa shape index (κ3) is 4.58. The predicted octanol–water partition coefficient (Wildman–Crippen LogP) is 0.779. The number of nitrogens with one attached hydrogen (secondary N) is 1. The van der Waals surface area contributed by atoms with Crippen LogP contribution in [0.15, 0.2) is 0 Å². The first kappa shape index (κ1) is 11.2. The highest BCUT2D eigenvalue weighted by molar-refractivity contribution is 5.85. The Morgan fingerprint density at radius 3 is 2.27 bits per heavy atom. The van der Waals surface area contributed by atoms with Gasteiger partial charge in [-0.3, -0.25) is 0 Å². The fourth-order valence-corrected chi connectivity index (χ4v) is 0.813. The van der Waals surface area contributed by atoms with Gasteiger partial charge in [-0.1, -0.05) is 0 Å². The van der Waals surface area contributed by atoms with Crippen LogP contribution in [-0.4, -0.2) is 33.1 Å². The molecule has 0 bridgehead atoms. The highest BCUT2D eigenvalue weighted by Gasteiger charge is 2.21. The molecular weight excluding hydrogens is 166 g/mol. The lowest BCUT2D eigenvalue weighted by molar-refractivity contribution is -0.0989. The van der Waals surface area contributed by atoms with Gasteiger partial charge in [-0.2, -0.15) is 0 Å². The van der Waals surface area contributed by atoms with Crippen molar-refractivity contribution in [1.29, 1.82) is 0 Å². The smallest absolute Gasteiger partial charge is 0.169 e. The van der Waals surface area contributed by atoms with Crippen molar-refractivity contribution < 1.29 is 9.47 Å². The van der Waals surface area contributed by atoms with E-state index in [1.165, 1.54) is 12.8 Å². The molecule has 3 nitrogen and oxygen atoms in total. The summed E-state index contributed by atoms with van der Waals surface area (Å²) in [6, 6.07) is 0.729. The van der Waals surface area contributed by atoms with Crippen LogP contribution in [0.1, 0.15) is 12.8 Å². The van der Waals surface area contributed by atoms with Crippen LogP contribution in [-0.2, 0) is 9.47 Å². The highest BCUT2D eigenvalue weighted by Crippen LogP contribution is 2.18. The minimum absolute atomic E-state index is 0. The molecule has 0 aromatic heterocycles. The molecule has 0 radical (unpaired) electrons. The van der Waals surface area contributed by atoms with Crippen LogP contribution in [0.3, 0.4) is 0 Å². The van der Waals surface area contributed by atoms with Crippen molar-refractivity contribution in [2.24, 2.45) is 0 Å². The summed E-state index contributed by atoms with van der Waals surface area (Å²) in [6.45, 7) is 0.803. The van der Waals surface area contributed by atoms with E-state index in [1.807, 2.05) is 0 Å². The van der Waals surface area contributed by atoms with Gasteiger partial charge in [-0.25, -0.2) is 0 Å². The summed E-state index contributed by atoms with van der Waals surface area (Å²) in [5, 5.41) is 3.31. The highest BCUT2D eigenvalue weighted by atomic mass is 35.5. The predicted molar refractivity (Wildman–Crippen MR) is 46.1 cm³/mol. The van der Waals surface area contributed by atoms with Gasteiger partial charge in [0.2, 0.25) is 0 Å². The van der Waals surface area contributed by atoms with Crippen molar-refractivity contribution in [2.75, 3.05) is 20.8 Å². The molecule has 0 amide bonds. The summed E-state index contributed by atoms with van der Waals surface area (Å²) in [5.41, 5.74) is 0. The monoisotopic (exact) mass is 181 g/mol. The maximum absolute atomic E-state index is 4.99. The van der Waals surface area contributed by atoms with E-state index in [-0.39, 0.29) is 18.7 Å². The van der Waals surface area contributed by atoms with Crippen molar-refractivity contribution in [2.45, 2.75) is 25.2 Å². The Morgan fingerprint density at radius 2 is 1.91 bits per heavy atom. The molecule has 4 heteroatoms. The average Bonchev–Trinajstić information content (AvgIpc) is 2.74. The second kappa shape index (κ2) is 5.77. The largest absolute Gasteiger partial charge is 0.355 e. The first-order valence-electron chi connectivity index (χ1n) is 3.65. The Kier molecular flexibility index (Phi) is 5.86. The molecule has 0 unspecified atom stereocenters. The quantitative estimate of drug-likeness (QED) is 0.636. The minimum Gasteiger partial charge on any atom is -0.355 e. The molecule has 0 aromatic carbocycles. The lowest BCUT2D eigenvalue weighted by Crippen LogP contribution is -2.30. The molecule has 68 valence electrons. The Labute approximate surface area is 73.9 Å². The van der Waals surface area contributed by atoms with Crippen molar-refractivity contribution >= 4 is 12.4 Å². The van der Waals surface area contributed by atoms with E-state index in [9.17, 15) is 0 Å². The number of ether oxygens (including phenoxy) is 2. The first-order chi connectivity index (χ1) is 4.86. The lowest BCUT2D eigenvalue weighted by atomic mass is 10.5. The van der Waals surface area contributed by atoms with Crippen molar-refractivity contribution in [3.8, 4) is 0 Å². The molecule has 11 heavy (non-hydrogen) atoms. The Hall–Kier alpha value is 0.170. The number of halogens is 1. The molecule has 1 aliphatic carbocycles. The van der Waals surface area contributed by atoms with E-state index in [0.717, 1.165) is 12.6 Å². The molecule has 0 saturated heterocycles. The number of methoxy groups -OCH3 is 2. The Balaban J connectivity index is 0.000001000. The molecule has 1 saturated carbocycles. The fraction of sp³-hybridized carbons (Fsp3) is 1.00. The van der Waals surface area contributed by atoms with Gasteiger partial charge in [-0.15, -0.1) is 12.4 Å². The van der Waals surface area contributed by atoms with Crippen LogP contribution in [0.4, 0.5) is 0 Å². The van der Waals surface area contributed by atoms with Crippen LogP contribution < -0.4 is 5.32 Å². The van der Waals surface area contributed by atoms with Crippen LogP contribution in [0.5, 0.6) is 0 Å². The Morgan fingerprint density at radius 1 is 1.36 bits per heavy atom. The van der Waals surface area contributed by atoms with Crippen molar-refractivity contribution in [3.05, 3.63) is 0 Å². The van der Waals surface area contributed by atoms with Gasteiger partial charge in [0.15, 0.2) is 6.29 Å². The van der Waals surface area contributed by atoms with Gasteiger partial charge in [-0.05, 0) is 12.8 Å². The summed E-state index contributed by atoms with van der Waals surface area (Å²) in [4.78, 5) is 0. The lowest BCUT2D eigenvalue weighted by Gasteiger charge is -2.13. The van der Waals surface area contributed by atoms with Gasteiger partial charge in [0.05, 0.1) is 0 Å². The summed E-state index contributed by atoms with van der Waals surface area (Å²) >= 11 is 0. The van der Waals surface area contributed by atoms with Gasteiger partial charge in [0.1, 0.15) is 0 Å². The van der Waals surface area contributed by atoms with Crippen molar-refractivity contribution in [3.63, 3.8) is 0 Å². The zero-order valence-corrected chi connectivity index (χ0v) is 7.82. The van der Waals surface area contributed by atoms with Crippen LogP contribution in [0.2, 0.25) is 0 Å². The van der Waals surface area contributed by atoms with Crippen LogP contribution >= 0.6 is 12.4 Å². The summed E-state index contributed by atoms with van der Waals surface area (Å²) < 4.78 is 9.99. The maximum atomic E-state index is 4.99. The zero-order chi connectivity index (χ0) is 7.40. The van der Waals surface area contributed by atoms with E-state index in [4.69, 9.17) is 9.47 Å². The van der Waals surface area contributed by atoms with Crippen LogP contribution in [0.25, 0.3) is 0 Å². The molecule has 1 rings (SSSR count). The van der Waals surface area contributed by atoms with E-state index in [1.54, 1.807) is 14.2 Å². The molecule has 0 aliphatic heterocycles. The second-order valence-corrected chi connectivity index (χ2v) is 2.58.